The van der Waals surface area contributed by atoms with Crippen molar-refractivity contribution in [1.82, 2.24) is 5.32 Å². The Hall–Kier alpha value is -2.20. The summed E-state index contributed by atoms with van der Waals surface area (Å²) in [6.07, 6.45) is 0.842. The number of fused-ring (bicyclic) bond motifs is 1. The molecule has 1 atom stereocenters. The third kappa shape index (κ3) is 2.54. The second-order valence-corrected chi connectivity index (χ2v) is 5.16. The molecule has 21 heavy (non-hydrogen) atoms. The molecule has 0 aromatic heterocycles. The maximum Gasteiger partial charge on any atom is 0.258 e. The zero-order valence-corrected chi connectivity index (χ0v) is 11.8. The lowest BCUT2D eigenvalue weighted by Gasteiger charge is -2.34. The minimum Gasteiger partial charge on any atom is -0.313 e. The molecule has 2 aromatic carbocycles. The summed E-state index contributed by atoms with van der Waals surface area (Å²) in [5.74, 6) is -0.546. The maximum absolute atomic E-state index is 13.3. The number of carbonyl (C=O) groups is 1. The Morgan fingerprint density at radius 2 is 2.05 bits per heavy atom. The lowest BCUT2D eigenvalue weighted by Crippen LogP contribution is -2.39. The van der Waals surface area contributed by atoms with Crippen molar-refractivity contribution in [3.63, 3.8) is 0 Å². The van der Waals surface area contributed by atoms with Crippen molar-refractivity contribution in [2.45, 2.75) is 12.5 Å². The largest absolute Gasteiger partial charge is 0.313 e. The molecule has 1 aliphatic rings. The molecule has 1 amide bonds. The highest BCUT2D eigenvalue weighted by atomic mass is 19.1. The van der Waals surface area contributed by atoms with Crippen LogP contribution in [0.15, 0.2) is 48.5 Å². The average Bonchev–Trinajstić information content (AvgIpc) is 2.53. The standard InChI is InChI=1S/C17H17FN2O/c1-19-15-9-10-20(16-8-3-2-7-14(15)16)17(21)12-5-4-6-13(18)11-12/h2-8,11,15,19H,9-10H2,1H3. The fraction of sp³-hybridized carbons (Fsp3) is 0.235. The van der Waals surface area contributed by atoms with E-state index >= 15 is 0 Å². The van der Waals surface area contributed by atoms with Gasteiger partial charge in [-0.1, -0.05) is 24.3 Å². The van der Waals surface area contributed by atoms with Gasteiger partial charge >= 0.3 is 0 Å². The number of amides is 1. The maximum atomic E-state index is 13.3. The summed E-state index contributed by atoms with van der Waals surface area (Å²) in [6, 6.07) is 14.0. The summed E-state index contributed by atoms with van der Waals surface area (Å²) >= 11 is 0. The Morgan fingerprint density at radius 1 is 1.24 bits per heavy atom. The van der Waals surface area contributed by atoms with E-state index in [0.29, 0.717) is 12.1 Å². The van der Waals surface area contributed by atoms with Crippen molar-refractivity contribution in [2.75, 3.05) is 18.5 Å². The minimum absolute atomic E-state index is 0.156. The van der Waals surface area contributed by atoms with Gasteiger partial charge in [-0.2, -0.15) is 0 Å². The van der Waals surface area contributed by atoms with E-state index in [-0.39, 0.29) is 17.8 Å². The fourth-order valence-corrected chi connectivity index (χ4v) is 2.85. The Kier molecular flexibility index (Phi) is 3.71. The Morgan fingerprint density at radius 3 is 2.81 bits per heavy atom. The van der Waals surface area contributed by atoms with Crippen molar-refractivity contribution in [1.29, 1.82) is 0 Å². The van der Waals surface area contributed by atoms with Crippen LogP contribution in [-0.2, 0) is 0 Å². The Labute approximate surface area is 123 Å². The molecule has 0 spiro atoms. The first-order valence-electron chi connectivity index (χ1n) is 7.04. The molecule has 1 heterocycles. The number of benzene rings is 2. The van der Waals surface area contributed by atoms with E-state index in [9.17, 15) is 9.18 Å². The summed E-state index contributed by atoms with van der Waals surface area (Å²) in [7, 11) is 1.92. The lowest BCUT2D eigenvalue weighted by molar-refractivity contribution is 0.0983. The number of anilines is 1. The van der Waals surface area contributed by atoms with Crippen LogP contribution in [0.1, 0.15) is 28.4 Å². The van der Waals surface area contributed by atoms with Crippen molar-refractivity contribution in [3.05, 3.63) is 65.5 Å². The normalized spacial score (nSPS) is 17.4. The van der Waals surface area contributed by atoms with Crippen LogP contribution >= 0.6 is 0 Å². The van der Waals surface area contributed by atoms with E-state index < -0.39 is 0 Å². The van der Waals surface area contributed by atoms with E-state index in [2.05, 4.69) is 5.32 Å². The summed E-state index contributed by atoms with van der Waals surface area (Å²) in [5, 5.41) is 3.27. The first kappa shape index (κ1) is 13.8. The van der Waals surface area contributed by atoms with Crippen molar-refractivity contribution < 1.29 is 9.18 Å². The third-order valence-electron chi connectivity index (χ3n) is 3.91. The molecule has 0 radical (unpaired) electrons. The molecular formula is C17H17FN2O. The quantitative estimate of drug-likeness (QED) is 0.919. The van der Waals surface area contributed by atoms with E-state index in [1.165, 1.54) is 12.1 Å². The monoisotopic (exact) mass is 284 g/mol. The van der Waals surface area contributed by atoms with Gasteiger partial charge in [-0.15, -0.1) is 0 Å². The van der Waals surface area contributed by atoms with Gasteiger partial charge in [-0.25, -0.2) is 4.39 Å². The molecule has 0 aliphatic carbocycles. The molecule has 2 aromatic rings. The van der Waals surface area contributed by atoms with Crippen molar-refractivity contribution in [3.8, 4) is 0 Å². The second-order valence-electron chi connectivity index (χ2n) is 5.16. The van der Waals surface area contributed by atoms with Crippen molar-refractivity contribution >= 4 is 11.6 Å². The number of halogens is 1. The molecule has 0 saturated heterocycles. The van der Waals surface area contributed by atoms with Crippen LogP contribution in [0.2, 0.25) is 0 Å². The van der Waals surface area contributed by atoms with E-state index in [4.69, 9.17) is 0 Å². The highest BCUT2D eigenvalue weighted by Crippen LogP contribution is 2.34. The van der Waals surface area contributed by atoms with Crippen LogP contribution in [0.4, 0.5) is 10.1 Å². The van der Waals surface area contributed by atoms with Crippen LogP contribution < -0.4 is 10.2 Å². The van der Waals surface area contributed by atoms with Gasteiger partial charge in [0, 0.05) is 23.8 Å². The third-order valence-corrected chi connectivity index (χ3v) is 3.91. The second kappa shape index (κ2) is 5.66. The predicted molar refractivity (Wildman–Crippen MR) is 80.9 cm³/mol. The van der Waals surface area contributed by atoms with Crippen LogP contribution in [0.25, 0.3) is 0 Å². The average molecular weight is 284 g/mol. The van der Waals surface area contributed by atoms with Gasteiger partial charge in [-0.3, -0.25) is 4.79 Å². The summed E-state index contributed by atoms with van der Waals surface area (Å²) in [4.78, 5) is 14.4. The van der Waals surface area contributed by atoms with Crippen molar-refractivity contribution in [2.24, 2.45) is 0 Å². The SMILES string of the molecule is CNC1CCN(C(=O)c2cccc(F)c2)c2ccccc21. The molecule has 3 nitrogen and oxygen atoms in total. The van der Waals surface area contributed by atoms with E-state index in [1.54, 1.807) is 17.0 Å². The predicted octanol–water partition coefficient (Wildman–Crippen LogP) is 3.14. The van der Waals surface area contributed by atoms with Gasteiger partial charge in [0.05, 0.1) is 0 Å². The number of carbonyl (C=O) groups excluding carboxylic acids is 1. The number of rotatable bonds is 2. The number of hydrogen-bond donors (Lipinski definition) is 1. The molecule has 0 saturated carbocycles. The number of hydrogen-bond acceptors (Lipinski definition) is 2. The Balaban J connectivity index is 1.98. The molecule has 1 N–H and O–H groups in total. The van der Waals surface area contributed by atoms with E-state index in [0.717, 1.165) is 17.7 Å². The zero-order chi connectivity index (χ0) is 14.8. The van der Waals surface area contributed by atoms with Crippen LogP contribution in [-0.4, -0.2) is 19.5 Å². The molecule has 0 bridgehead atoms. The highest BCUT2D eigenvalue weighted by Gasteiger charge is 2.28. The lowest BCUT2D eigenvalue weighted by atomic mass is 9.96. The summed E-state index contributed by atoms with van der Waals surface area (Å²) < 4.78 is 13.3. The highest BCUT2D eigenvalue weighted by molar-refractivity contribution is 6.06. The topological polar surface area (TPSA) is 32.3 Å². The van der Waals surface area contributed by atoms with Gasteiger partial charge < -0.3 is 10.2 Å². The summed E-state index contributed by atoms with van der Waals surface area (Å²) in [5.41, 5.74) is 2.39. The molecule has 108 valence electrons. The van der Waals surface area contributed by atoms with Crippen LogP contribution in [0.3, 0.4) is 0 Å². The molecule has 1 aliphatic heterocycles. The van der Waals surface area contributed by atoms with Crippen LogP contribution in [0, 0.1) is 5.82 Å². The van der Waals surface area contributed by atoms with Gasteiger partial charge in [0.1, 0.15) is 5.82 Å². The molecule has 1 unspecified atom stereocenters. The molecular weight excluding hydrogens is 267 g/mol. The van der Waals surface area contributed by atoms with Gasteiger partial charge in [0.25, 0.3) is 5.91 Å². The van der Waals surface area contributed by atoms with Gasteiger partial charge in [-0.05, 0) is 43.3 Å². The van der Waals surface area contributed by atoms with Gasteiger partial charge in [0.15, 0.2) is 0 Å². The smallest absolute Gasteiger partial charge is 0.258 e. The molecule has 3 rings (SSSR count). The summed E-state index contributed by atoms with van der Waals surface area (Å²) in [6.45, 7) is 0.623. The fourth-order valence-electron chi connectivity index (χ4n) is 2.85. The number of nitrogens with one attached hydrogen (secondary N) is 1. The number of para-hydroxylation sites is 1. The minimum atomic E-state index is -0.390. The molecule has 4 heteroatoms. The number of nitrogens with zero attached hydrogens (tertiary/aromatic N) is 1. The van der Waals surface area contributed by atoms with E-state index in [1.807, 2.05) is 31.3 Å². The Bertz CT molecular complexity index is 671. The first-order valence-corrected chi connectivity index (χ1v) is 7.04. The molecule has 0 fully saturated rings. The first-order chi connectivity index (χ1) is 10.2. The van der Waals surface area contributed by atoms with Gasteiger partial charge in [0.2, 0.25) is 0 Å². The van der Waals surface area contributed by atoms with Crippen LogP contribution in [0.5, 0.6) is 0 Å². The zero-order valence-electron chi connectivity index (χ0n) is 11.8.